The minimum Gasteiger partial charge on any atom is -0.481 e. The number of amides is 1. The van der Waals surface area contributed by atoms with E-state index < -0.39 is 17.1 Å². The average molecular weight is 257 g/mol. The van der Waals surface area contributed by atoms with Gasteiger partial charge in [-0.3, -0.25) is 4.79 Å². The molecule has 5 nitrogen and oxygen atoms in total. The number of likely N-dealkylation sites (tertiary alicyclic amines) is 1. The molecule has 5 heteroatoms. The van der Waals surface area contributed by atoms with Crippen LogP contribution in [-0.2, 0) is 9.53 Å². The van der Waals surface area contributed by atoms with Crippen LogP contribution in [0.4, 0.5) is 4.79 Å². The minimum atomic E-state index is -0.785. The third kappa shape index (κ3) is 3.62. The van der Waals surface area contributed by atoms with Crippen LogP contribution in [0.25, 0.3) is 0 Å². The predicted molar refractivity (Wildman–Crippen MR) is 67.4 cm³/mol. The van der Waals surface area contributed by atoms with Crippen LogP contribution < -0.4 is 0 Å². The molecular formula is C13H23NO4. The zero-order chi connectivity index (χ0) is 14.1. The van der Waals surface area contributed by atoms with E-state index in [1.165, 1.54) is 0 Å². The Morgan fingerprint density at radius 3 is 2.28 bits per heavy atom. The summed E-state index contributed by atoms with van der Waals surface area (Å²) in [4.78, 5) is 24.7. The predicted octanol–water partition coefficient (Wildman–Crippen LogP) is 2.50. The zero-order valence-electron chi connectivity index (χ0n) is 11.8. The van der Waals surface area contributed by atoms with E-state index in [0.717, 1.165) is 0 Å². The van der Waals surface area contributed by atoms with E-state index in [-0.39, 0.29) is 12.0 Å². The van der Waals surface area contributed by atoms with Gasteiger partial charge in [-0.05, 0) is 47.5 Å². The highest BCUT2D eigenvalue weighted by Gasteiger charge is 2.41. The molecule has 0 aromatic heterocycles. The van der Waals surface area contributed by atoms with Gasteiger partial charge in [-0.15, -0.1) is 0 Å². The Labute approximate surface area is 108 Å². The molecular weight excluding hydrogens is 234 g/mol. The fraction of sp³-hybridized carbons (Fsp3) is 0.846. The van der Waals surface area contributed by atoms with Gasteiger partial charge in [0.1, 0.15) is 5.60 Å². The Bertz CT molecular complexity index is 343. The number of carboxylic acid groups (broad SMARTS) is 1. The fourth-order valence-electron chi connectivity index (χ4n) is 2.27. The normalized spacial score (nSPS) is 23.6. The van der Waals surface area contributed by atoms with Crippen LogP contribution in [0.2, 0.25) is 0 Å². The molecule has 1 fully saturated rings. The Morgan fingerprint density at radius 2 is 1.89 bits per heavy atom. The zero-order valence-corrected chi connectivity index (χ0v) is 11.8. The molecule has 1 N–H and O–H groups in total. The first kappa shape index (κ1) is 14.8. The van der Waals surface area contributed by atoms with E-state index in [9.17, 15) is 9.59 Å². The lowest BCUT2D eigenvalue weighted by molar-refractivity contribution is -0.145. The van der Waals surface area contributed by atoms with Gasteiger partial charge < -0.3 is 14.7 Å². The van der Waals surface area contributed by atoms with Crippen LogP contribution in [0, 0.1) is 5.92 Å². The van der Waals surface area contributed by atoms with Gasteiger partial charge in [0.25, 0.3) is 0 Å². The molecule has 1 heterocycles. The van der Waals surface area contributed by atoms with Crippen LogP contribution in [0.1, 0.15) is 47.5 Å². The second kappa shape index (κ2) is 4.78. The van der Waals surface area contributed by atoms with Gasteiger partial charge in [0, 0.05) is 12.1 Å². The molecule has 1 rings (SSSR count). The van der Waals surface area contributed by atoms with Crippen LogP contribution >= 0.6 is 0 Å². The topological polar surface area (TPSA) is 66.8 Å². The summed E-state index contributed by atoms with van der Waals surface area (Å²) >= 11 is 0. The smallest absolute Gasteiger partial charge is 0.410 e. The lowest BCUT2D eigenvalue weighted by Gasteiger charge is -2.44. The van der Waals surface area contributed by atoms with Gasteiger partial charge in [-0.25, -0.2) is 4.79 Å². The number of hydrogen-bond acceptors (Lipinski definition) is 3. The van der Waals surface area contributed by atoms with Gasteiger partial charge in [0.05, 0.1) is 5.92 Å². The van der Waals surface area contributed by atoms with Crippen molar-refractivity contribution in [2.24, 2.45) is 5.92 Å². The Hall–Kier alpha value is -1.26. The molecule has 1 aliphatic rings. The number of carbonyl (C=O) groups excluding carboxylic acids is 1. The van der Waals surface area contributed by atoms with Gasteiger partial charge in [-0.2, -0.15) is 0 Å². The maximum absolute atomic E-state index is 12.1. The van der Waals surface area contributed by atoms with E-state index in [4.69, 9.17) is 9.84 Å². The van der Waals surface area contributed by atoms with Crippen LogP contribution in [-0.4, -0.2) is 39.8 Å². The highest BCUT2D eigenvalue weighted by atomic mass is 16.6. The minimum absolute atomic E-state index is 0.365. The lowest BCUT2D eigenvalue weighted by atomic mass is 9.83. The number of aliphatic carboxylic acids is 1. The number of piperidine rings is 1. The first-order chi connectivity index (χ1) is 8.03. The van der Waals surface area contributed by atoms with Gasteiger partial charge in [-0.1, -0.05) is 0 Å². The van der Waals surface area contributed by atoms with Crippen molar-refractivity contribution in [3.05, 3.63) is 0 Å². The number of nitrogens with zero attached hydrogens (tertiary/aromatic N) is 1. The van der Waals surface area contributed by atoms with Crippen molar-refractivity contribution in [3.8, 4) is 0 Å². The lowest BCUT2D eigenvalue weighted by Crippen LogP contribution is -2.55. The summed E-state index contributed by atoms with van der Waals surface area (Å²) in [5, 5.41) is 9.05. The SMILES string of the molecule is CC(C)(C)OC(=O)N1CC[C@H](C(=O)O)CC1(C)C. The average Bonchev–Trinajstić information content (AvgIpc) is 2.12. The summed E-state index contributed by atoms with van der Waals surface area (Å²) < 4.78 is 5.35. The maximum Gasteiger partial charge on any atom is 0.410 e. The number of rotatable bonds is 1. The van der Waals surface area contributed by atoms with Crippen LogP contribution in [0.5, 0.6) is 0 Å². The van der Waals surface area contributed by atoms with E-state index in [2.05, 4.69) is 0 Å². The van der Waals surface area contributed by atoms with Crippen LogP contribution in [0.15, 0.2) is 0 Å². The summed E-state index contributed by atoms with van der Waals surface area (Å²) in [6.07, 6.45) is 0.580. The van der Waals surface area contributed by atoms with Gasteiger partial charge >= 0.3 is 12.1 Å². The number of carbonyl (C=O) groups is 2. The fourth-order valence-corrected chi connectivity index (χ4v) is 2.27. The van der Waals surface area contributed by atoms with Crippen LogP contribution in [0.3, 0.4) is 0 Å². The number of carboxylic acids is 1. The molecule has 0 radical (unpaired) electrons. The van der Waals surface area contributed by atoms with Crippen molar-refractivity contribution in [1.82, 2.24) is 4.90 Å². The molecule has 1 aliphatic heterocycles. The molecule has 1 saturated heterocycles. The highest BCUT2D eigenvalue weighted by molar-refractivity contribution is 5.72. The summed E-state index contributed by atoms with van der Waals surface area (Å²) in [5.41, 5.74) is -1.01. The third-order valence-electron chi connectivity index (χ3n) is 3.14. The number of hydrogen-bond donors (Lipinski definition) is 1. The molecule has 18 heavy (non-hydrogen) atoms. The first-order valence-corrected chi connectivity index (χ1v) is 6.26. The summed E-state index contributed by atoms with van der Waals surface area (Å²) in [5.74, 6) is -1.16. The second-order valence-electron chi connectivity index (χ2n) is 6.47. The molecule has 104 valence electrons. The molecule has 0 spiro atoms. The Balaban J connectivity index is 2.74. The van der Waals surface area contributed by atoms with Crippen molar-refractivity contribution in [2.45, 2.75) is 58.6 Å². The molecule has 0 saturated carbocycles. The van der Waals surface area contributed by atoms with Crippen molar-refractivity contribution in [2.75, 3.05) is 6.54 Å². The summed E-state index contributed by atoms with van der Waals surface area (Å²) in [6.45, 7) is 9.66. The summed E-state index contributed by atoms with van der Waals surface area (Å²) in [6, 6.07) is 0. The first-order valence-electron chi connectivity index (χ1n) is 6.26. The van der Waals surface area contributed by atoms with E-state index in [1.54, 1.807) is 4.90 Å². The van der Waals surface area contributed by atoms with E-state index >= 15 is 0 Å². The molecule has 0 aromatic carbocycles. The van der Waals surface area contributed by atoms with E-state index in [1.807, 2.05) is 34.6 Å². The number of ether oxygens (including phenoxy) is 1. The maximum atomic E-state index is 12.1. The third-order valence-corrected chi connectivity index (χ3v) is 3.14. The highest BCUT2D eigenvalue weighted by Crippen LogP contribution is 2.32. The molecule has 0 aromatic rings. The van der Waals surface area contributed by atoms with Crippen molar-refractivity contribution >= 4 is 12.1 Å². The van der Waals surface area contributed by atoms with Crippen molar-refractivity contribution in [3.63, 3.8) is 0 Å². The van der Waals surface area contributed by atoms with Gasteiger partial charge in [0.2, 0.25) is 0 Å². The molecule has 1 amide bonds. The molecule has 0 unspecified atom stereocenters. The summed E-state index contributed by atoms with van der Waals surface area (Å²) in [7, 11) is 0. The van der Waals surface area contributed by atoms with Crippen molar-refractivity contribution in [1.29, 1.82) is 0 Å². The molecule has 1 atom stereocenters. The Morgan fingerprint density at radius 1 is 1.33 bits per heavy atom. The monoisotopic (exact) mass is 257 g/mol. The Kier molecular flexibility index (Phi) is 3.93. The second-order valence-corrected chi connectivity index (χ2v) is 6.47. The standard InChI is InChI=1S/C13H23NO4/c1-12(2,3)18-11(17)14-7-6-9(10(15)16)8-13(14,4)5/h9H,6-8H2,1-5H3,(H,15,16)/t9-/m0/s1. The van der Waals surface area contributed by atoms with E-state index in [0.29, 0.717) is 19.4 Å². The molecule has 0 bridgehead atoms. The quantitative estimate of drug-likeness (QED) is 0.783. The molecule has 0 aliphatic carbocycles. The van der Waals surface area contributed by atoms with Crippen molar-refractivity contribution < 1.29 is 19.4 Å². The van der Waals surface area contributed by atoms with Gasteiger partial charge in [0.15, 0.2) is 0 Å². The largest absolute Gasteiger partial charge is 0.481 e.